The van der Waals surface area contributed by atoms with E-state index in [4.69, 9.17) is 16.0 Å². The van der Waals surface area contributed by atoms with Crippen LogP contribution in [0.2, 0.25) is 5.02 Å². The number of oxazole rings is 1. The fraction of sp³-hybridized carbons (Fsp3) is 0.133. The van der Waals surface area contributed by atoms with Crippen LogP contribution in [0.4, 0.5) is 0 Å². The van der Waals surface area contributed by atoms with Crippen molar-refractivity contribution in [3.8, 4) is 0 Å². The minimum atomic E-state index is -0.726. The lowest BCUT2D eigenvalue weighted by molar-refractivity contribution is 0.168. The first-order valence-electron chi connectivity index (χ1n) is 6.11. The topological polar surface area (TPSA) is 46.3 Å². The SMILES string of the molecule is OC(Cc1nc2ccccc2o1)c1cc(Cl)ccc1Br. The number of aliphatic hydroxyl groups excluding tert-OH is 1. The Morgan fingerprint density at radius 3 is 2.85 bits per heavy atom. The molecule has 0 radical (unpaired) electrons. The standard InChI is InChI=1S/C15H11BrClNO2/c16-11-6-5-9(17)7-10(11)13(19)8-15-18-12-3-1-2-4-14(12)20-15/h1-7,13,19H,8H2. The molecule has 0 amide bonds. The summed E-state index contributed by atoms with van der Waals surface area (Å²) in [5.74, 6) is 0.505. The molecule has 0 aliphatic carbocycles. The summed E-state index contributed by atoms with van der Waals surface area (Å²) in [5, 5.41) is 10.9. The maximum atomic E-state index is 10.3. The summed E-state index contributed by atoms with van der Waals surface area (Å²) >= 11 is 9.37. The van der Waals surface area contributed by atoms with Gasteiger partial charge in [-0.05, 0) is 35.9 Å². The van der Waals surface area contributed by atoms with E-state index >= 15 is 0 Å². The van der Waals surface area contributed by atoms with Crippen LogP contribution in [0.25, 0.3) is 11.1 Å². The first-order valence-corrected chi connectivity index (χ1v) is 7.28. The number of aliphatic hydroxyl groups is 1. The second-order valence-corrected chi connectivity index (χ2v) is 5.75. The number of hydrogen-bond acceptors (Lipinski definition) is 3. The maximum absolute atomic E-state index is 10.3. The number of halogens is 2. The molecule has 0 saturated heterocycles. The van der Waals surface area contributed by atoms with Gasteiger partial charge in [0.2, 0.25) is 0 Å². The monoisotopic (exact) mass is 351 g/mol. The van der Waals surface area contributed by atoms with Crippen LogP contribution in [-0.4, -0.2) is 10.1 Å². The van der Waals surface area contributed by atoms with Crippen molar-refractivity contribution in [1.82, 2.24) is 4.98 Å². The number of rotatable bonds is 3. The van der Waals surface area contributed by atoms with Gasteiger partial charge in [0, 0.05) is 9.50 Å². The van der Waals surface area contributed by atoms with Crippen LogP contribution in [0.1, 0.15) is 17.6 Å². The largest absolute Gasteiger partial charge is 0.441 e. The van der Waals surface area contributed by atoms with E-state index in [1.807, 2.05) is 30.3 Å². The van der Waals surface area contributed by atoms with Gasteiger partial charge in [0.25, 0.3) is 0 Å². The lowest BCUT2D eigenvalue weighted by Gasteiger charge is -2.11. The Morgan fingerprint density at radius 1 is 1.25 bits per heavy atom. The molecule has 5 heteroatoms. The van der Waals surface area contributed by atoms with Crippen molar-refractivity contribution in [1.29, 1.82) is 0 Å². The van der Waals surface area contributed by atoms with Crippen LogP contribution >= 0.6 is 27.5 Å². The van der Waals surface area contributed by atoms with Gasteiger partial charge in [0.15, 0.2) is 11.5 Å². The zero-order valence-electron chi connectivity index (χ0n) is 10.4. The molecule has 1 heterocycles. The second-order valence-electron chi connectivity index (χ2n) is 4.46. The van der Waals surface area contributed by atoms with Gasteiger partial charge in [-0.15, -0.1) is 0 Å². The van der Waals surface area contributed by atoms with Gasteiger partial charge in [-0.3, -0.25) is 0 Å². The Hall–Kier alpha value is -1.36. The van der Waals surface area contributed by atoms with Crippen LogP contribution in [0, 0.1) is 0 Å². The third kappa shape index (κ3) is 2.73. The predicted octanol–water partition coefficient (Wildman–Crippen LogP) is 4.52. The van der Waals surface area contributed by atoms with Crippen molar-refractivity contribution < 1.29 is 9.52 Å². The third-order valence-corrected chi connectivity index (χ3v) is 3.98. The Bertz CT molecular complexity index is 723. The molecule has 3 aromatic rings. The van der Waals surface area contributed by atoms with Gasteiger partial charge < -0.3 is 9.52 Å². The average Bonchev–Trinajstić information content (AvgIpc) is 2.83. The van der Waals surface area contributed by atoms with Crippen LogP contribution in [0.5, 0.6) is 0 Å². The molecule has 0 spiro atoms. The van der Waals surface area contributed by atoms with Crippen LogP contribution < -0.4 is 0 Å². The third-order valence-electron chi connectivity index (χ3n) is 3.02. The summed E-state index contributed by atoms with van der Waals surface area (Å²) in [6.45, 7) is 0. The summed E-state index contributed by atoms with van der Waals surface area (Å²) in [6, 6.07) is 12.8. The first kappa shape index (κ1) is 13.6. The van der Waals surface area contributed by atoms with Crippen LogP contribution in [0.15, 0.2) is 51.4 Å². The van der Waals surface area contributed by atoms with Gasteiger partial charge in [-0.25, -0.2) is 4.98 Å². The molecule has 1 atom stereocenters. The first-order chi connectivity index (χ1) is 9.63. The number of nitrogens with zero attached hydrogens (tertiary/aromatic N) is 1. The summed E-state index contributed by atoms with van der Waals surface area (Å²) in [7, 11) is 0. The van der Waals surface area contributed by atoms with E-state index in [2.05, 4.69) is 20.9 Å². The molecule has 20 heavy (non-hydrogen) atoms. The number of para-hydroxylation sites is 2. The minimum absolute atomic E-state index is 0.299. The normalized spacial score (nSPS) is 12.8. The molecule has 0 bridgehead atoms. The summed E-state index contributed by atoms with van der Waals surface area (Å²) < 4.78 is 6.42. The second kappa shape index (κ2) is 5.56. The highest BCUT2D eigenvalue weighted by molar-refractivity contribution is 9.10. The molecule has 1 N–H and O–H groups in total. The minimum Gasteiger partial charge on any atom is -0.441 e. The maximum Gasteiger partial charge on any atom is 0.198 e. The van der Waals surface area contributed by atoms with Crippen molar-refractivity contribution >= 4 is 38.6 Å². The quantitative estimate of drug-likeness (QED) is 0.754. The molecule has 3 rings (SSSR count). The summed E-state index contributed by atoms with van der Waals surface area (Å²) in [5.41, 5.74) is 2.24. The number of aromatic nitrogens is 1. The number of fused-ring (bicyclic) bond motifs is 1. The van der Waals surface area contributed by atoms with Crippen molar-refractivity contribution in [2.24, 2.45) is 0 Å². The molecule has 102 valence electrons. The zero-order chi connectivity index (χ0) is 14.1. The average molecular weight is 353 g/mol. The van der Waals surface area contributed by atoms with Gasteiger partial charge >= 0.3 is 0 Å². The Labute approximate surface area is 129 Å². The Balaban J connectivity index is 1.88. The fourth-order valence-corrected chi connectivity index (χ4v) is 2.74. The molecule has 0 saturated carbocycles. The van der Waals surface area contributed by atoms with Crippen molar-refractivity contribution in [3.05, 3.63) is 63.4 Å². The summed E-state index contributed by atoms with van der Waals surface area (Å²) in [6.07, 6.45) is -0.427. The molecule has 2 aromatic carbocycles. The Kier molecular flexibility index (Phi) is 3.78. The number of benzene rings is 2. The summed E-state index contributed by atoms with van der Waals surface area (Å²) in [4.78, 5) is 4.36. The predicted molar refractivity (Wildman–Crippen MR) is 81.8 cm³/mol. The molecular formula is C15H11BrClNO2. The molecule has 1 unspecified atom stereocenters. The van der Waals surface area contributed by atoms with Crippen molar-refractivity contribution in [2.75, 3.05) is 0 Å². The molecule has 0 aliphatic rings. The zero-order valence-corrected chi connectivity index (χ0v) is 12.7. The van der Waals surface area contributed by atoms with Crippen LogP contribution in [0.3, 0.4) is 0 Å². The van der Waals surface area contributed by atoms with Gasteiger partial charge in [-0.2, -0.15) is 0 Å². The van der Waals surface area contributed by atoms with Crippen LogP contribution in [-0.2, 0) is 6.42 Å². The highest BCUT2D eigenvalue weighted by Gasteiger charge is 2.16. The van der Waals surface area contributed by atoms with Gasteiger partial charge in [0.1, 0.15) is 5.52 Å². The van der Waals surface area contributed by atoms with Crippen molar-refractivity contribution in [3.63, 3.8) is 0 Å². The lowest BCUT2D eigenvalue weighted by Crippen LogP contribution is -2.03. The molecule has 1 aromatic heterocycles. The molecular weight excluding hydrogens is 342 g/mol. The van der Waals surface area contributed by atoms with E-state index in [0.717, 1.165) is 21.1 Å². The Morgan fingerprint density at radius 2 is 2.05 bits per heavy atom. The number of hydrogen-bond donors (Lipinski definition) is 1. The van der Waals surface area contributed by atoms with E-state index < -0.39 is 6.10 Å². The molecule has 3 nitrogen and oxygen atoms in total. The van der Waals surface area contributed by atoms with E-state index in [0.29, 0.717) is 17.3 Å². The van der Waals surface area contributed by atoms with E-state index in [1.54, 1.807) is 12.1 Å². The highest BCUT2D eigenvalue weighted by Crippen LogP contribution is 2.29. The fourth-order valence-electron chi connectivity index (χ4n) is 2.05. The van der Waals surface area contributed by atoms with E-state index in [-0.39, 0.29) is 0 Å². The van der Waals surface area contributed by atoms with E-state index in [1.165, 1.54) is 0 Å². The smallest absolute Gasteiger partial charge is 0.198 e. The molecule has 0 aliphatic heterocycles. The lowest BCUT2D eigenvalue weighted by atomic mass is 10.1. The van der Waals surface area contributed by atoms with E-state index in [9.17, 15) is 5.11 Å². The van der Waals surface area contributed by atoms with Gasteiger partial charge in [0.05, 0.1) is 12.5 Å². The highest BCUT2D eigenvalue weighted by atomic mass is 79.9. The van der Waals surface area contributed by atoms with Crippen molar-refractivity contribution in [2.45, 2.75) is 12.5 Å². The van der Waals surface area contributed by atoms with Gasteiger partial charge in [-0.1, -0.05) is 39.7 Å². The molecule has 0 fully saturated rings.